The average molecular weight is 483 g/mol. The zero-order valence-corrected chi connectivity index (χ0v) is 20.5. The van der Waals surface area contributed by atoms with Crippen molar-refractivity contribution in [3.05, 3.63) is 0 Å². The molecule has 0 bridgehead atoms. The predicted octanol–water partition coefficient (Wildman–Crippen LogP) is 1.88. The molecule has 0 aromatic carbocycles. The SMILES string of the molecule is CCCCCCOC(=O)N[C@@H](CNC(=O)[C@@H]1CCCN(C(=O)CCC2CCNCC2)C1)C(=O)O. The van der Waals surface area contributed by atoms with Crippen molar-refractivity contribution in [3.8, 4) is 0 Å². The zero-order chi connectivity index (χ0) is 24.8. The molecule has 194 valence electrons. The monoisotopic (exact) mass is 482 g/mol. The van der Waals surface area contributed by atoms with Gasteiger partial charge in [0.1, 0.15) is 6.04 Å². The Labute approximate surface area is 202 Å². The molecule has 10 nitrogen and oxygen atoms in total. The Bertz CT molecular complexity index is 668. The molecule has 2 rings (SSSR count). The van der Waals surface area contributed by atoms with Crippen molar-refractivity contribution in [1.29, 1.82) is 0 Å². The van der Waals surface area contributed by atoms with Gasteiger partial charge in [-0.1, -0.05) is 26.2 Å². The molecule has 3 amide bonds. The standard InChI is InChI=1S/C24H42N4O6/c1-2-3-4-5-15-34-24(33)27-20(23(31)32)16-26-22(30)19-7-6-14-28(17-19)21(29)9-8-18-10-12-25-13-11-18/h18-20,25H,2-17H2,1H3,(H,26,30)(H,27,33)(H,31,32)/t19-,20+/m1/s1. The number of hydrogen-bond donors (Lipinski definition) is 4. The van der Waals surface area contributed by atoms with Crippen molar-refractivity contribution in [2.24, 2.45) is 11.8 Å². The van der Waals surface area contributed by atoms with E-state index in [0.717, 1.165) is 64.5 Å². The Kier molecular flexibility index (Phi) is 12.7. The predicted molar refractivity (Wildman–Crippen MR) is 127 cm³/mol. The normalized spacial score (nSPS) is 19.8. The minimum atomic E-state index is -1.28. The van der Waals surface area contributed by atoms with Crippen molar-refractivity contribution in [2.45, 2.75) is 77.2 Å². The number of aliphatic carboxylic acids is 1. The maximum atomic E-state index is 12.7. The van der Waals surface area contributed by atoms with Crippen LogP contribution in [-0.2, 0) is 19.1 Å². The number of hydrogen-bond acceptors (Lipinski definition) is 6. The Hall–Kier alpha value is -2.36. The highest BCUT2D eigenvalue weighted by Gasteiger charge is 2.30. The van der Waals surface area contributed by atoms with Gasteiger partial charge in [-0.2, -0.15) is 0 Å². The minimum Gasteiger partial charge on any atom is -0.480 e. The van der Waals surface area contributed by atoms with E-state index < -0.39 is 18.1 Å². The van der Waals surface area contributed by atoms with Gasteiger partial charge in [0.2, 0.25) is 11.8 Å². The number of unbranched alkanes of at least 4 members (excludes halogenated alkanes) is 3. The van der Waals surface area contributed by atoms with Crippen LogP contribution in [-0.4, -0.2) is 79.3 Å². The van der Waals surface area contributed by atoms with Crippen molar-refractivity contribution < 1.29 is 29.0 Å². The van der Waals surface area contributed by atoms with Gasteiger partial charge >= 0.3 is 12.1 Å². The number of piperidine rings is 2. The molecule has 0 aromatic heterocycles. The van der Waals surface area contributed by atoms with E-state index in [9.17, 15) is 24.3 Å². The van der Waals surface area contributed by atoms with Gasteiger partial charge in [-0.05, 0) is 57.5 Å². The van der Waals surface area contributed by atoms with Crippen molar-refractivity contribution in [2.75, 3.05) is 39.3 Å². The minimum absolute atomic E-state index is 0.0859. The fourth-order valence-corrected chi connectivity index (χ4v) is 4.50. The first-order valence-corrected chi connectivity index (χ1v) is 12.8. The summed E-state index contributed by atoms with van der Waals surface area (Å²) in [5.41, 5.74) is 0. The third kappa shape index (κ3) is 10.3. The molecule has 2 fully saturated rings. The Morgan fingerprint density at radius 2 is 1.88 bits per heavy atom. The third-order valence-corrected chi connectivity index (χ3v) is 6.67. The van der Waals surface area contributed by atoms with Gasteiger partial charge in [0.25, 0.3) is 0 Å². The lowest BCUT2D eigenvalue weighted by Gasteiger charge is -2.33. The van der Waals surface area contributed by atoms with Gasteiger partial charge in [0.05, 0.1) is 12.5 Å². The first kappa shape index (κ1) is 27.9. The molecule has 0 saturated carbocycles. The van der Waals surface area contributed by atoms with Crippen LogP contribution in [0.2, 0.25) is 0 Å². The van der Waals surface area contributed by atoms with Crippen LogP contribution in [0, 0.1) is 11.8 Å². The van der Waals surface area contributed by atoms with Gasteiger partial charge in [-0.25, -0.2) is 9.59 Å². The molecular formula is C24H42N4O6. The molecule has 0 aromatic rings. The second-order valence-electron chi connectivity index (χ2n) is 9.39. The highest BCUT2D eigenvalue weighted by molar-refractivity contribution is 5.83. The second-order valence-corrected chi connectivity index (χ2v) is 9.39. The number of amides is 3. The molecule has 2 atom stereocenters. The summed E-state index contributed by atoms with van der Waals surface area (Å²) in [7, 11) is 0. The third-order valence-electron chi connectivity index (χ3n) is 6.67. The van der Waals surface area contributed by atoms with Crippen LogP contribution in [0.1, 0.15) is 71.1 Å². The highest BCUT2D eigenvalue weighted by atomic mass is 16.5. The summed E-state index contributed by atoms with van der Waals surface area (Å²) in [6, 6.07) is -1.28. The Morgan fingerprint density at radius 3 is 2.59 bits per heavy atom. The van der Waals surface area contributed by atoms with Crippen molar-refractivity contribution in [1.82, 2.24) is 20.9 Å². The van der Waals surface area contributed by atoms with Crippen molar-refractivity contribution in [3.63, 3.8) is 0 Å². The maximum Gasteiger partial charge on any atom is 0.407 e. The number of carboxylic acids is 1. The fraction of sp³-hybridized carbons (Fsp3) is 0.833. The van der Waals surface area contributed by atoms with Crippen molar-refractivity contribution >= 4 is 23.9 Å². The number of nitrogens with one attached hydrogen (secondary N) is 3. The molecule has 0 aliphatic carbocycles. The summed E-state index contributed by atoms with van der Waals surface area (Å²) < 4.78 is 5.03. The molecule has 2 aliphatic rings. The summed E-state index contributed by atoms with van der Waals surface area (Å²) in [5, 5.41) is 17.6. The molecule has 0 spiro atoms. The number of likely N-dealkylation sites (tertiary alicyclic amines) is 1. The summed E-state index contributed by atoms with van der Waals surface area (Å²) in [4.78, 5) is 50.5. The lowest BCUT2D eigenvalue weighted by atomic mass is 9.92. The Balaban J connectivity index is 1.72. The summed E-state index contributed by atoms with van der Waals surface area (Å²) in [6.45, 7) is 5.09. The number of ether oxygens (including phenoxy) is 1. The maximum absolute atomic E-state index is 12.7. The fourth-order valence-electron chi connectivity index (χ4n) is 4.50. The molecule has 34 heavy (non-hydrogen) atoms. The molecule has 0 radical (unpaired) electrons. The van der Waals surface area contributed by atoms with Crippen LogP contribution in [0.4, 0.5) is 4.79 Å². The van der Waals surface area contributed by atoms with E-state index in [-0.39, 0.29) is 30.9 Å². The first-order valence-electron chi connectivity index (χ1n) is 12.8. The van der Waals surface area contributed by atoms with Crippen LogP contribution in [0.3, 0.4) is 0 Å². The second kappa shape index (κ2) is 15.5. The molecular weight excluding hydrogens is 440 g/mol. The number of rotatable bonds is 13. The van der Waals surface area contributed by atoms with Crippen LogP contribution < -0.4 is 16.0 Å². The number of carbonyl (C=O) groups excluding carboxylic acids is 3. The van der Waals surface area contributed by atoms with E-state index in [4.69, 9.17) is 4.74 Å². The number of carboxylic acid groups (broad SMARTS) is 1. The number of nitrogens with zero attached hydrogens (tertiary/aromatic N) is 1. The van der Waals surface area contributed by atoms with E-state index >= 15 is 0 Å². The van der Waals surface area contributed by atoms with E-state index in [0.29, 0.717) is 31.8 Å². The van der Waals surface area contributed by atoms with Crippen LogP contribution in [0.15, 0.2) is 0 Å². The zero-order valence-electron chi connectivity index (χ0n) is 20.5. The highest BCUT2D eigenvalue weighted by Crippen LogP contribution is 2.21. The molecule has 2 heterocycles. The smallest absolute Gasteiger partial charge is 0.407 e. The molecule has 2 aliphatic heterocycles. The topological polar surface area (TPSA) is 137 Å². The van der Waals surface area contributed by atoms with E-state index in [1.807, 2.05) is 0 Å². The summed E-state index contributed by atoms with van der Waals surface area (Å²) >= 11 is 0. The van der Waals surface area contributed by atoms with Crippen LogP contribution in [0.5, 0.6) is 0 Å². The lowest BCUT2D eigenvalue weighted by molar-refractivity contribution is -0.139. The van der Waals surface area contributed by atoms with E-state index in [1.165, 1.54) is 0 Å². The van der Waals surface area contributed by atoms with Gasteiger partial charge < -0.3 is 30.7 Å². The quantitative estimate of drug-likeness (QED) is 0.294. The van der Waals surface area contributed by atoms with E-state index in [1.54, 1.807) is 4.90 Å². The Morgan fingerprint density at radius 1 is 1.12 bits per heavy atom. The molecule has 4 N–H and O–H groups in total. The molecule has 2 saturated heterocycles. The molecule has 10 heteroatoms. The lowest BCUT2D eigenvalue weighted by Crippen LogP contribution is -2.51. The first-order chi connectivity index (χ1) is 16.4. The number of carbonyl (C=O) groups is 4. The number of alkyl carbamates (subject to hydrolysis) is 1. The van der Waals surface area contributed by atoms with Gasteiger partial charge in [0.15, 0.2) is 0 Å². The van der Waals surface area contributed by atoms with Gasteiger partial charge in [0, 0.05) is 26.1 Å². The van der Waals surface area contributed by atoms with Crippen LogP contribution >= 0.6 is 0 Å². The molecule has 0 unspecified atom stereocenters. The average Bonchev–Trinajstić information content (AvgIpc) is 2.85. The van der Waals surface area contributed by atoms with Gasteiger partial charge in [-0.3, -0.25) is 9.59 Å². The summed E-state index contributed by atoms with van der Waals surface area (Å²) in [6.07, 6.45) is 7.96. The van der Waals surface area contributed by atoms with Crippen LogP contribution in [0.25, 0.3) is 0 Å². The van der Waals surface area contributed by atoms with E-state index in [2.05, 4.69) is 22.9 Å². The summed E-state index contributed by atoms with van der Waals surface area (Å²) in [5.74, 6) is -1.25. The largest absolute Gasteiger partial charge is 0.480 e. The van der Waals surface area contributed by atoms with Gasteiger partial charge in [-0.15, -0.1) is 0 Å².